The van der Waals surface area contributed by atoms with Crippen molar-refractivity contribution in [1.82, 2.24) is 5.32 Å². The average Bonchev–Trinajstić information content (AvgIpc) is 3.12. The maximum absolute atomic E-state index is 13.4. The fourth-order valence-corrected chi connectivity index (χ4v) is 1.64. The number of primary amides is 1. The number of nitrogens with two attached hydrogens (primary N) is 1. The molecule has 1 unspecified atom stereocenters. The second-order valence-corrected chi connectivity index (χ2v) is 4.64. The summed E-state index contributed by atoms with van der Waals surface area (Å²) in [5, 5.41) is 3.07. The number of benzene rings is 1. The van der Waals surface area contributed by atoms with Gasteiger partial charge in [-0.1, -0.05) is 6.07 Å². The van der Waals surface area contributed by atoms with E-state index in [0.29, 0.717) is 6.04 Å². The van der Waals surface area contributed by atoms with E-state index >= 15 is 0 Å². The molecule has 5 heteroatoms. The van der Waals surface area contributed by atoms with Crippen LogP contribution in [0.4, 0.5) is 4.39 Å². The molecule has 98 valence electrons. The number of hydrogen-bond acceptors (Lipinski definition) is 3. The Bertz CT molecular complexity index is 447. The van der Waals surface area contributed by atoms with Crippen molar-refractivity contribution in [2.75, 3.05) is 6.61 Å². The van der Waals surface area contributed by atoms with Gasteiger partial charge >= 0.3 is 0 Å². The number of hydrogen-bond donors (Lipinski definition) is 2. The zero-order valence-corrected chi connectivity index (χ0v) is 10.3. The van der Waals surface area contributed by atoms with Crippen molar-refractivity contribution in [2.24, 2.45) is 5.73 Å². The van der Waals surface area contributed by atoms with Gasteiger partial charge in [-0.3, -0.25) is 4.79 Å². The number of rotatable bonds is 6. The van der Waals surface area contributed by atoms with Crippen LogP contribution in [0.15, 0.2) is 18.2 Å². The minimum atomic E-state index is -0.572. The molecule has 1 aromatic rings. The number of amides is 1. The van der Waals surface area contributed by atoms with Crippen LogP contribution in [0.1, 0.15) is 18.4 Å². The topological polar surface area (TPSA) is 64.3 Å². The Morgan fingerprint density at radius 1 is 1.61 bits per heavy atom. The van der Waals surface area contributed by atoms with Gasteiger partial charge in [0.15, 0.2) is 11.6 Å². The lowest BCUT2D eigenvalue weighted by atomic mass is 10.2. The van der Waals surface area contributed by atoms with Gasteiger partial charge in [0.1, 0.15) is 12.6 Å². The Hall–Kier alpha value is -1.62. The molecule has 1 aliphatic carbocycles. The van der Waals surface area contributed by atoms with Crippen LogP contribution in [0.25, 0.3) is 0 Å². The lowest BCUT2D eigenvalue weighted by molar-refractivity contribution is -0.120. The molecule has 1 atom stereocenters. The minimum Gasteiger partial charge on any atom is -0.488 e. The quantitative estimate of drug-likeness (QED) is 0.797. The highest BCUT2D eigenvalue weighted by Gasteiger charge is 2.27. The third kappa shape index (κ3) is 3.43. The summed E-state index contributed by atoms with van der Waals surface area (Å²) in [7, 11) is 0. The van der Waals surface area contributed by atoms with Gasteiger partial charge in [-0.25, -0.2) is 4.39 Å². The van der Waals surface area contributed by atoms with E-state index in [1.165, 1.54) is 6.07 Å². The van der Waals surface area contributed by atoms with Gasteiger partial charge in [0, 0.05) is 6.04 Å². The Labute approximate surface area is 105 Å². The fraction of sp³-hybridized carbons (Fsp3) is 0.462. The van der Waals surface area contributed by atoms with Gasteiger partial charge in [0.2, 0.25) is 5.91 Å². The highest BCUT2D eigenvalue weighted by Crippen LogP contribution is 2.21. The minimum absolute atomic E-state index is 0.0478. The molecule has 1 saturated carbocycles. The van der Waals surface area contributed by atoms with Gasteiger partial charge in [-0.2, -0.15) is 0 Å². The van der Waals surface area contributed by atoms with Crippen molar-refractivity contribution in [2.45, 2.75) is 31.8 Å². The van der Waals surface area contributed by atoms with Crippen LogP contribution in [0.2, 0.25) is 0 Å². The van der Waals surface area contributed by atoms with Crippen molar-refractivity contribution in [3.63, 3.8) is 0 Å². The van der Waals surface area contributed by atoms with Gasteiger partial charge in [0.05, 0.1) is 0 Å². The number of halogens is 1. The molecule has 0 bridgehead atoms. The SMILES string of the molecule is Cc1ccc(F)c(OCC(NC2CC2)C(N)=O)c1. The molecule has 4 nitrogen and oxygen atoms in total. The van der Waals surface area contributed by atoms with Crippen LogP contribution < -0.4 is 15.8 Å². The predicted molar refractivity (Wildman–Crippen MR) is 65.8 cm³/mol. The molecule has 1 aromatic carbocycles. The molecule has 1 amide bonds. The maximum Gasteiger partial charge on any atom is 0.238 e. The second kappa shape index (κ2) is 5.35. The van der Waals surface area contributed by atoms with Gasteiger partial charge in [0.25, 0.3) is 0 Å². The van der Waals surface area contributed by atoms with Crippen molar-refractivity contribution in [3.8, 4) is 5.75 Å². The normalized spacial score (nSPS) is 16.3. The largest absolute Gasteiger partial charge is 0.488 e. The fourth-order valence-electron chi connectivity index (χ4n) is 1.64. The van der Waals surface area contributed by atoms with E-state index in [-0.39, 0.29) is 12.4 Å². The van der Waals surface area contributed by atoms with E-state index in [1.54, 1.807) is 12.1 Å². The molecular weight excluding hydrogens is 235 g/mol. The first-order valence-corrected chi connectivity index (χ1v) is 6.00. The third-order valence-electron chi connectivity index (χ3n) is 2.85. The molecule has 2 rings (SSSR count). The highest BCUT2D eigenvalue weighted by atomic mass is 19.1. The van der Waals surface area contributed by atoms with Crippen LogP contribution in [-0.2, 0) is 4.79 Å². The first-order chi connectivity index (χ1) is 8.56. The van der Waals surface area contributed by atoms with E-state index in [0.717, 1.165) is 18.4 Å². The Morgan fingerprint density at radius 3 is 2.94 bits per heavy atom. The number of carbonyl (C=O) groups is 1. The Kier molecular flexibility index (Phi) is 3.81. The van der Waals surface area contributed by atoms with E-state index in [2.05, 4.69) is 5.32 Å². The number of ether oxygens (including phenoxy) is 1. The predicted octanol–water partition coefficient (Wildman–Crippen LogP) is 1.12. The van der Waals surface area contributed by atoms with Crippen LogP contribution in [0, 0.1) is 12.7 Å². The van der Waals surface area contributed by atoms with E-state index in [1.807, 2.05) is 6.92 Å². The molecule has 3 N–H and O–H groups in total. The molecule has 0 spiro atoms. The first kappa shape index (κ1) is 12.8. The summed E-state index contributed by atoms with van der Waals surface area (Å²) in [5.41, 5.74) is 6.17. The van der Waals surface area contributed by atoms with Crippen LogP contribution in [-0.4, -0.2) is 24.6 Å². The second-order valence-electron chi connectivity index (χ2n) is 4.64. The van der Waals surface area contributed by atoms with Gasteiger partial charge < -0.3 is 15.8 Å². The smallest absolute Gasteiger partial charge is 0.238 e. The summed E-state index contributed by atoms with van der Waals surface area (Å²) in [6, 6.07) is 4.38. The van der Waals surface area contributed by atoms with Crippen molar-refractivity contribution in [1.29, 1.82) is 0 Å². The molecule has 18 heavy (non-hydrogen) atoms. The monoisotopic (exact) mass is 252 g/mol. The van der Waals surface area contributed by atoms with E-state index < -0.39 is 17.8 Å². The summed E-state index contributed by atoms with van der Waals surface area (Å²) in [5.74, 6) is -0.760. The van der Waals surface area contributed by atoms with Crippen molar-refractivity contribution in [3.05, 3.63) is 29.6 Å². The molecule has 0 radical (unpaired) electrons. The van der Waals surface area contributed by atoms with Crippen molar-refractivity contribution >= 4 is 5.91 Å². The third-order valence-corrected chi connectivity index (χ3v) is 2.85. The molecule has 0 aromatic heterocycles. The number of aryl methyl sites for hydroxylation is 1. The molecule has 0 saturated heterocycles. The van der Waals surface area contributed by atoms with E-state index in [4.69, 9.17) is 10.5 Å². The Morgan fingerprint density at radius 2 is 2.33 bits per heavy atom. The average molecular weight is 252 g/mol. The maximum atomic E-state index is 13.4. The zero-order chi connectivity index (χ0) is 13.1. The van der Waals surface area contributed by atoms with Gasteiger partial charge in [-0.15, -0.1) is 0 Å². The summed E-state index contributed by atoms with van der Waals surface area (Å²) >= 11 is 0. The lowest BCUT2D eigenvalue weighted by Gasteiger charge is -2.16. The summed E-state index contributed by atoms with van der Waals surface area (Å²) in [6.07, 6.45) is 2.09. The van der Waals surface area contributed by atoms with Crippen LogP contribution in [0.5, 0.6) is 5.75 Å². The summed E-state index contributed by atoms with van der Waals surface area (Å²) in [6.45, 7) is 1.90. The summed E-state index contributed by atoms with van der Waals surface area (Å²) < 4.78 is 18.8. The van der Waals surface area contributed by atoms with Crippen molar-refractivity contribution < 1.29 is 13.9 Å². The zero-order valence-electron chi connectivity index (χ0n) is 10.3. The molecule has 0 heterocycles. The van der Waals surface area contributed by atoms with E-state index in [9.17, 15) is 9.18 Å². The Balaban J connectivity index is 1.95. The molecule has 0 aliphatic heterocycles. The van der Waals surface area contributed by atoms with Crippen LogP contribution >= 0.6 is 0 Å². The number of carbonyl (C=O) groups excluding carboxylic acids is 1. The molecule has 1 fully saturated rings. The lowest BCUT2D eigenvalue weighted by Crippen LogP contribution is -2.46. The standard InChI is InChI=1S/C13H17FN2O2/c1-8-2-5-10(14)12(6-8)18-7-11(13(15)17)16-9-3-4-9/h2,5-6,9,11,16H,3-4,7H2,1H3,(H2,15,17). The molecular formula is C13H17FN2O2. The van der Waals surface area contributed by atoms with Gasteiger partial charge in [-0.05, 0) is 37.5 Å². The highest BCUT2D eigenvalue weighted by molar-refractivity contribution is 5.80. The summed E-state index contributed by atoms with van der Waals surface area (Å²) in [4.78, 5) is 11.2. The number of nitrogens with one attached hydrogen (secondary N) is 1. The first-order valence-electron chi connectivity index (χ1n) is 6.00. The molecule has 1 aliphatic rings. The van der Waals surface area contributed by atoms with Crippen LogP contribution in [0.3, 0.4) is 0 Å².